The van der Waals surface area contributed by atoms with Crippen LogP contribution >= 0.6 is 0 Å². The van der Waals surface area contributed by atoms with Crippen molar-refractivity contribution < 1.29 is 0 Å². The van der Waals surface area contributed by atoms with Crippen molar-refractivity contribution in [2.45, 2.75) is 47.0 Å². The monoisotopic (exact) mass is 877 g/mol. The van der Waals surface area contributed by atoms with Crippen LogP contribution < -0.4 is 4.90 Å². The summed E-state index contributed by atoms with van der Waals surface area (Å²) in [6, 6.07) is 78.0. The maximum Gasteiger partial charge on any atom is 0.0541 e. The molecule has 11 aromatic rings. The van der Waals surface area contributed by atoms with E-state index >= 15 is 0 Å². The van der Waals surface area contributed by atoms with Crippen LogP contribution in [-0.4, -0.2) is 9.13 Å². The predicted molar refractivity (Wildman–Crippen MR) is 293 cm³/mol. The van der Waals surface area contributed by atoms with Gasteiger partial charge in [-0.3, -0.25) is 0 Å². The quantitative estimate of drug-likeness (QED) is 0.139. The van der Waals surface area contributed by atoms with Crippen LogP contribution in [-0.2, 0) is 5.41 Å². The lowest BCUT2D eigenvalue weighted by molar-refractivity contribution is 0.660. The number of aromatic nitrogens is 2. The Morgan fingerprint density at radius 3 is 1.46 bits per heavy atom. The van der Waals surface area contributed by atoms with E-state index in [0.717, 1.165) is 28.4 Å². The summed E-state index contributed by atoms with van der Waals surface area (Å²) in [6.07, 6.45) is 4.50. The molecule has 330 valence electrons. The number of allylic oxidation sites excluding steroid dienone is 4. The summed E-state index contributed by atoms with van der Waals surface area (Å²) in [4.78, 5) is 2.42. The van der Waals surface area contributed by atoms with E-state index in [4.69, 9.17) is 0 Å². The number of anilines is 3. The normalized spacial score (nSPS) is 13.1. The van der Waals surface area contributed by atoms with E-state index < -0.39 is 0 Å². The molecule has 0 spiro atoms. The summed E-state index contributed by atoms with van der Waals surface area (Å²) >= 11 is 0. The summed E-state index contributed by atoms with van der Waals surface area (Å²) in [5, 5.41) is 5.04. The summed E-state index contributed by atoms with van der Waals surface area (Å²) in [5.74, 6) is 0. The van der Waals surface area contributed by atoms with Gasteiger partial charge in [0.2, 0.25) is 0 Å². The minimum absolute atomic E-state index is 0.131. The summed E-state index contributed by atoms with van der Waals surface area (Å²) in [5.41, 5.74) is 20.4. The summed E-state index contributed by atoms with van der Waals surface area (Å²) in [7, 11) is 0. The van der Waals surface area contributed by atoms with Gasteiger partial charge in [-0.15, -0.1) is 0 Å². The van der Waals surface area contributed by atoms with Crippen molar-refractivity contribution in [3.63, 3.8) is 0 Å². The summed E-state index contributed by atoms with van der Waals surface area (Å²) in [6.45, 7) is 13.0. The van der Waals surface area contributed by atoms with Gasteiger partial charge in [-0.25, -0.2) is 0 Å². The van der Waals surface area contributed by atoms with Gasteiger partial charge in [-0.2, -0.15) is 0 Å². The van der Waals surface area contributed by atoms with Crippen LogP contribution in [0.2, 0.25) is 0 Å². The second-order valence-corrected chi connectivity index (χ2v) is 18.0. The molecular weight excluding hydrogens is 823 g/mol. The molecule has 1 aliphatic carbocycles. The molecule has 12 rings (SSSR count). The minimum Gasteiger partial charge on any atom is -0.310 e. The van der Waals surface area contributed by atoms with Gasteiger partial charge in [0.05, 0.1) is 27.8 Å². The number of nitrogens with zero attached hydrogens (tertiary/aromatic N) is 3. The van der Waals surface area contributed by atoms with Crippen molar-refractivity contribution in [2.75, 3.05) is 4.90 Å². The van der Waals surface area contributed by atoms with E-state index in [0.29, 0.717) is 0 Å². The molecule has 0 radical (unpaired) electrons. The highest BCUT2D eigenvalue weighted by atomic mass is 15.1. The van der Waals surface area contributed by atoms with Crippen LogP contribution in [0.4, 0.5) is 17.1 Å². The smallest absolute Gasteiger partial charge is 0.0541 e. The fourth-order valence-corrected chi connectivity index (χ4v) is 11.0. The molecule has 0 bridgehead atoms. The molecule has 0 saturated heterocycles. The lowest BCUT2D eigenvalue weighted by atomic mass is 9.82. The molecule has 9 aromatic carbocycles. The second-order valence-electron chi connectivity index (χ2n) is 18.0. The largest absolute Gasteiger partial charge is 0.310 e. The first kappa shape index (κ1) is 42.5. The molecule has 68 heavy (non-hydrogen) atoms. The molecule has 3 heteroatoms. The Bertz CT molecular complexity index is 3630. The van der Waals surface area contributed by atoms with E-state index in [2.05, 4.69) is 266 Å². The molecule has 0 unspecified atom stereocenters. The molecular formula is C65H55N3. The lowest BCUT2D eigenvalue weighted by Crippen LogP contribution is -2.16. The van der Waals surface area contributed by atoms with Crippen molar-refractivity contribution in [1.29, 1.82) is 0 Å². The molecule has 0 saturated carbocycles. The second kappa shape index (κ2) is 17.3. The highest BCUT2D eigenvalue weighted by molar-refractivity contribution is 6.14. The fraction of sp³-hybridized carbons (Fsp3) is 0.108. The number of rotatable bonds is 8. The molecule has 0 fully saturated rings. The Kier molecular flexibility index (Phi) is 10.8. The first-order valence-corrected chi connectivity index (χ1v) is 24.1. The number of fused-ring (bicyclic) bond motifs is 9. The zero-order chi connectivity index (χ0) is 46.5. The zero-order valence-corrected chi connectivity index (χ0v) is 39.7. The zero-order valence-electron chi connectivity index (χ0n) is 39.7. The average Bonchev–Trinajstić information content (AvgIpc) is 3.99. The van der Waals surface area contributed by atoms with Gasteiger partial charge in [0.25, 0.3) is 0 Å². The van der Waals surface area contributed by atoms with E-state index in [1.54, 1.807) is 0 Å². The molecule has 0 aliphatic heterocycles. The van der Waals surface area contributed by atoms with E-state index in [1.807, 2.05) is 13.8 Å². The lowest BCUT2D eigenvalue weighted by Gasteiger charge is -2.28. The standard InChI is InChI=1S/C63H49N3.C2H6/c1-5-47(57(6-2)65-59-27-15-9-21-51(59)52-22-10-16-28-60(52)65)42-31-35-44(36-32-42)64(46-39-40-50-49-20-7-13-25-55(49)63(3,4)56(50)41-46)45-37-33-43(34-38-45)48-19-8-14-26-58(48)66-61-29-17-11-23-53(61)54-24-12-18-30-62(54)66;1-2/h5-41H,1-4H3;1-2H3/b47-5-,57-6+;. The van der Waals surface area contributed by atoms with E-state index in [1.165, 1.54) is 88.1 Å². The predicted octanol–water partition coefficient (Wildman–Crippen LogP) is 18.3. The van der Waals surface area contributed by atoms with Crippen molar-refractivity contribution in [1.82, 2.24) is 9.13 Å². The Morgan fingerprint density at radius 1 is 0.426 bits per heavy atom. The molecule has 0 atom stereocenters. The molecule has 2 aromatic heterocycles. The summed E-state index contributed by atoms with van der Waals surface area (Å²) < 4.78 is 4.84. The van der Waals surface area contributed by atoms with Gasteiger partial charge in [0.1, 0.15) is 0 Å². The highest BCUT2D eigenvalue weighted by Gasteiger charge is 2.36. The van der Waals surface area contributed by atoms with Gasteiger partial charge in [0.15, 0.2) is 0 Å². The van der Waals surface area contributed by atoms with Crippen molar-refractivity contribution in [2.24, 2.45) is 0 Å². The topological polar surface area (TPSA) is 13.1 Å². The van der Waals surface area contributed by atoms with Gasteiger partial charge >= 0.3 is 0 Å². The van der Waals surface area contributed by atoms with Crippen LogP contribution in [0, 0.1) is 0 Å². The van der Waals surface area contributed by atoms with Gasteiger partial charge < -0.3 is 14.0 Å². The maximum absolute atomic E-state index is 2.42. The minimum atomic E-state index is -0.131. The highest BCUT2D eigenvalue weighted by Crippen LogP contribution is 2.51. The van der Waals surface area contributed by atoms with Gasteiger partial charge in [0, 0.05) is 60.9 Å². The van der Waals surface area contributed by atoms with Crippen LogP contribution in [0.1, 0.15) is 58.2 Å². The van der Waals surface area contributed by atoms with Crippen LogP contribution in [0.25, 0.3) is 82.8 Å². The number of hydrogen-bond acceptors (Lipinski definition) is 1. The van der Waals surface area contributed by atoms with Crippen molar-refractivity contribution in [3.8, 4) is 27.9 Å². The Labute approximate surface area is 400 Å². The average molecular weight is 878 g/mol. The van der Waals surface area contributed by atoms with Gasteiger partial charge in [-0.1, -0.05) is 185 Å². The number of benzene rings is 9. The van der Waals surface area contributed by atoms with Crippen molar-refractivity contribution >= 4 is 71.9 Å². The third-order valence-electron chi connectivity index (χ3n) is 14.1. The number of para-hydroxylation sites is 5. The molecule has 2 heterocycles. The van der Waals surface area contributed by atoms with Crippen LogP contribution in [0.3, 0.4) is 0 Å². The SMILES string of the molecule is C/C=C(\C(=C/C)n1c2ccccc2c2ccccc21)c1ccc(N(c2ccc(-c3ccccc3-n3c4ccccc4c4ccccc43)cc2)c2ccc3c(c2)C(C)(C)c2ccccc2-3)cc1.CC. The molecule has 0 amide bonds. The van der Waals surface area contributed by atoms with Gasteiger partial charge in [-0.05, 0) is 114 Å². The first-order valence-electron chi connectivity index (χ1n) is 24.1. The Hall–Kier alpha value is -8.14. The number of hydrogen-bond donors (Lipinski definition) is 0. The third-order valence-corrected chi connectivity index (χ3v) is 14.1. The van der Waals surface area contributed by atoms with Crippen LogP contribution in [0.15, 0.2) is 224 Å². The third kappa shape index (κ3) is 6.72. The molecule has 0 N–H and O–H groups in total. The fourth-order valence-electron chi connectivity index (χ4n) is 11.0. The van der Waals surface area contributed by atoms with Crippen molar-refractivity contribution in [3.05, 3.63) is 241 Å². The molecule has 3 nitrogen and oxygen atoms in total. The molecule has 1 aliphatic rings. The Morgan fingerprint density at radius 2 is 0.882 bits per heavy atom. The van der Waals surface area contributed by atoms with E-state index in [-0.39, 0.29) is 5.41 Å². The Balaban J connectivity index is 0.00000250. The maximum atomic E-state index is 2.42. The van der Waals surface area contributed by atoms with Crippen LogP contribution in [0.5, 0.6) is 0 Å². The first-order chi connectivity index (χ1) is 33.4. The van der Waals surface area contributed by atoms with E-state index in [9.17, 15) is 0 Å².